The topological polar surface area (TPSA) is 32.3 Å². The van der Waals surface area contributed by atoms with Crippen LogP contribution in [0.2, 0.25) is 0 Å². The zero-order valence-corrected chi connectivity index (χ0v) is 8.25. The Balaban J connectivity index is 1.97. The largest absolute Gasteiger partial charge is 0.341 e. The second-order valence-corrected chi connectivity index (χ2v) is 4.24. The van der Waals surface area contributed by atoms with Crippen molar-refractivity contribution in [3.8, 4) is 0 Å². The Bertz CT molecular complexity index is 191. The number of nitrogens with one attached hydrogen (secondary N) is 1. The molecule has 2 rings (SSSR count). The van der Waals surface area contributed by atoms with Crippen LogP contribution in [0.15, 0.2) is 0 Å². The molecule has 74 valence electrons. The van der Waals surface area contributed by atoms with Crippen molar-refractivity contribution in [3.05, 3.63) is 0 Å². The van der Waals surface area contributed by atoms with Gasteiger partial charge in [-0.15, -0.1) is 0 Å². The van der Waals surface area contributed by atoms with E-state index in [9.17, 15) is 4.79 Å². The number of rotatable bonds is 0. The molecule has 0 aromatic heterocycles. The Morgan fingerprint density at radius 2 is 2.23 bits per heavy atom. The minimum Gasteiger partial charge on any atom is -0.341 e. The molecule has 0 aromatic carbocycles. The Morgan fingerprint density at radius 1 is 1.38 bits per heavy atom. The third-order valence-corrected chi connectivity index (χ3v) is 3.29. The summed E-state index contributed by atoms with van der Waals surface area (Å²) in [4.78, 5) is 13.2. The first-order valence-electron chi connectivity index (χ1n) is 5.26. The van der Waals surface area contributed by atoms with E-state index in [1.165, 1.54) is 19.3 Å². The highest BCUT2D eigenvalue weighted by Crippen LogP contribution is 2.24. The quantitative estimate of drug-likeness (QED) is 0.595. The fraction of sp³-hybridized carbons (Fsp3) is 0.900. The van der Waals surface area contributed by atoms with Crippen LogP contribution in [0.5, 0.6) is 0 Å². The summed E-state index contributed by atoms with van der Waals surface area (Å²) in [6.45, 7) is 4.71. The summed E-state index contributed by atoms with van der Waals surface area (Å²) in [5.74, 6) is 0.946. The molecule has 0 spiro atoms. The molecular weight excluding hydrogens is 164 g/mol. The lowest BCUT2D eigenvalue weighted by Crippen LogP contribution is -2.35. The van der Waals surface area contributed by atoms with Crippen molar-refractivity contribution >= 4 is 5.91 Å². The number of nitrogens with zero attached hydrogens (tertiary/aromatic N) is 1. The average Bonchev–Trinajstić information content (AvgIpc) is 2.38. The van der Waals surface area contributed by atoms with Gasteiger partial charge in [-0.3, -0.25) is 4.79 Å². The van der Waals surface area contributed by atoms with Crippen molar-refractivity contribution in [1.29, 1.82) is 0 Å². The second kappa shape index (κ2) is 3.66. The molecule has 1 amide bonds. The number of likely N-dealkylation sites (tertiary alicyclic amines) is 1. The molecule has 0 unspecified atom stereocenters. The van der Waals surface area contributed by atoms with Crippen LogP contribution in [0.4, 0.5) is 0 Å². The zero-order valence-electron chi connectivity index (χ0n) is 8.25. The standard InChI is InChI=1S/C10H18N2O/c1-8(13)12-6-9-4-2-3-5-11-10(9)7-12/h9-11H,2-7H2,1H3/t9-,10-/m0/s1. The number of hydrogen-bond donors (Lipinski definition) is 1. The summed E-state index contributed by atoms with van der Waals surface area (Å²) in [6.07, 6.45) is 3.91. The minimum atomic E-state index is 0.231. The molecule has 2 saturated heterocycles. The van der Waals surface area contributed by atoms with Gasteiger partial charge in [0.05, 0.1) is 0 Å². The van der Waals surface area contributed by atoms with Gasteiger partial charge >= 0.3 is 0 Å². The Labute approximate surface area is 79.5 Å². The molecule has 3 nitrogen and oxygen atoms in total. The van der Waals surface area contributed by atoms with E-state index in [1.807, 2.05) is 4.90 Å². The maximum atomic E-state index is 11.2. The third kappa shape index (κ3) is 1.85. The smallest absolute Gasteiger partial charge is 0.219 e. The van der Waals surface area contributed by atoms with E-state index in [0.29, 0.717) is 12.0 Å². The maximum absolute atomic E-state index is 11.2. The van der Waals surface area contributed by atoms with Gasteiger partial charge in [-0.25, -0.2) is 0 Å². The van der Waals surface area contributed by atoms with Crippen LogP contribution in [-0.2, 0) is 4.79 Å². The first-order valence-corrected chi connectivity index (χ1v) is 5.26. The Morgan fingerprint density at radius 3 is 3.00 bits per heavy atom. The van der Waals surface area contributed by atoms with E-state index in [0.717, 1.165) is 19.6 Å². The van der Waals surface area contributed by atoms with Crippen molar-refractivity contribution < 1.29 is 4.79 Å². The number of hydrogen-bond acceptors (Lipinski definition) is 2. The Hall–Kier alpha value is -0.570. The molecule has 1 N–H and O–H groups in total. The van der Waals surface area contributed by atoms with Crippen molar-refractivity contribution in [2.45, 2.75) is 32.2 Å². The SMILES string of the molecule is CC(=O)N1C[C@@H]2CCCCN[C@H]2C1. The van der Waals surface area contributed by atoms with E-state index < -0.39 is 0 Å². The fourth-order valence-corrected chi connectivity index (χ4v) is 2.47. The summed E-state index contributed by atoms with van der Waals surface area (Å²) < 4.78 is 0. The van der Waals surface area contributed by atoms with E-state index in [1.54, 1.807) is 6.92 Å². The number of carbonyl (C=O) groups excluding carboxylic acids is 1. The van der Waals surface area contributed by atoms with Crippen LogP contribution in [0.3, 0.4) is 0 Å². The Kier molecular flexibility index (Phi) is 2.54. The predicted octanol–water partition coefficient (Wildman–Crippen LogP) is 0.607. The highest BCUT2D eigenvalue weighted by Gasteiger charge is 2.33. The highest BCUT2D eigenvalue weighted by molar-refractivity contribution is 5.73. The highest BCUT2D eigenvalue weighted by atomic mass is 16.2. The van der Waals surface area contributed by atoms with Crippen LogP contribution in [0, 0.1) is 5.92 Å². The number of fused-ring (bicyclic) bond motifs is 1. The molecular formula is C10H18N2O. The third-order valence-electron chi connectivity index (χ3n) is 3.29. The number of amides is 1. The van der Waals surface area contributed by atoms with Crippen molar-refractivity contribution in [3.63, 3.8) is 0 Å². The van der Waals surface area contributed by atoms with Gasteiger partial charge in [-0.05, 0) is 25.3 Å². The fourth-order valence-electron chi connectivity index (χ4n) is 2.47. The van der Waals surface area contributed by atoms with Gasteiger partial charge in [0, 0.05) is 26.1 Å². The molecule has 0 aromatic rings. The summed E-state index contributed by atoms with van der Waals surface area (Å²) in [7, 11) is 0. The first kappa shape index (κ1) is 9.00. The molecule has 13 heavy (non-hydrogen) atoms. The summed E-state index contributed by atoms with van der Waals surface area (Å²) in [6, 6.07) is 0.575. The lowest BCUT2D eigenvalue weighted by molar-refractivity contribution is -0.128. The van der Waals surface area contributed by atoms with Gasteiger partial charge in [0.1, 0.15) is 0 Å². The van der Waals surface area contributed by atoms with Crippen LogP contribution < -0.4 is 5.32 Å². The predicted molar refractivity (Wildman–Crippen MR) is 51.4 cm³/mol. The van der Waals surface area contributed by atoms with Crippen molar-refractivity contribution in [2.24, 2.45) is 5.92 Å². The molecule has 0 bridgehead atoms. The van der Waals surface area contributed by atoms with Gasteiger partial charge in [-0.2, -0.15) is 0 Å². The van der Waals surface area contributed by atoms with Crippen LogP contribution in [0.1, 0.15) is 26.2 Å². The van der Waals surface area contributed by atoms with Gasteiger partial charge < -0.3 is 10.2 Å². The van der Waals surface area contributed by atoms with Crippen LogP contribution >= 0.6 is 0 Å². The lowest BCUT2D eigenvalue weighted by Gasteiger charge is -2.14. The van der Waals surface area contributed by atoms with E-state index in [-0.39, 0.29) is 5.91 Å². The van der Waals surface area contributed by atoms with Gasteiger partial charge in [0.25, 0.3) is 0 Å². The molecule has 0 saturated carbocycles. The lowest BCUT2D eigenvalue weighted by atomic mass is 9.99. The molecule has 3 heteroatoms. The first-order chi connectivity index (χ1) is 6.27. The normalized spacial score (nSPS) is 34.1. The van der Waals surface area contributed by atoms with Gasteiger partial charge in [0.2, 0.25) is 5.91 Å². The van der Waals surface area contributed by atoms with Gasteiger partial charge in [-0.1, -0.05) is 6.42 Å². The molecule has 2 aliphatic heterocycles. The summed E-state index contributed by atoms with van der Waals surface area (Å²) >= 11 is 0. The average molecular weight is 182 g/mol. The molecule has 0 radical (unpaired) electrons. The van der Waals surface area contributed by atoms with Crippen molar-refractivity contribution in [1.82, 2.24) is 10.2 Å². The molecule has 2 fully saturated rings. The van der Waals surface area contributed by atoms with E-state index in [4.69, 9.17) is 0 Å². The van der Waals surface area contributed by atoms with E-state index >= 15 is 0 Å². The monoisotopic (exact) mass is 182 g/mol. The maximum Gasteiger partial charge on any atom is 0.219 e. The van der Waals surface area contributed by atoms with Gasteiger partial charge in [0.15, 0.2) is 0 Å². The molecule has 2 aliphatic rings. The number of carbonyl (C=O) groups is 1. The summed E-state index contributed by atoms with van der Waals surface area (Å²) in [5, 5.41) is 3.53. The molecule has 2 heterocycles. The van der Waals surface area contributed by atoms with Crippen LogP contribution in [0.25, 0.3) is 0 Å². The van der Waals surface area contributed by atoms with Crippen molar-refractivity contribution in [2.75, 3.05) is 19.6 Å². The zero-order chi connectivity index (χ0) is 9.26. The molecule has 0 aliphatic carbocycles. The van der Waals surface area contributed by atoms with Crippen LogP contribution in [-0.4, -0.2) is 36.5 Å². The second-order valence-electron chi connectivity index (χ2n) is 4.24. The summed E-state index contributed by atoms with van der Waals surface area (Å²) in [5.41, 5.74) is 0. The molecule has 2 atom stereocenters. The minimum absolute atomic E-state index is 0.231. The van der Waals surface area contributed by atoms with E-state index in [2.05, 4.69) is 5.32 Å².